The normalized spacial score (nSPS) is 18.8. The number of carbonyl (C=O) groups excluding carboxylic acids is 1. The number of carbonyl (C=O) groups is 1. The Kier molecular flexibility index (Phi) is 6.64. The van der Waals surface area contributed by atoms with Gasteiger partial charge in [-0.1, -0.05) is 12.1 Å². The van der Waals surface area contributed by atoms with Gasteiger partial charge >= 0.3 is 0 Å². The molecule has 5 rings (SSSR count). The van der Waals surface area contributed by atoms with Crippen molar-refractivity contribution in [3.63, 3.8) is 0 Å². The quantitative estimate of drug-likeness (QED) is 0.372. The number of hydrogen-bond donors (Lipinski definition) is 1. The van der Waals surface area contributed by atoms with Crippen molar-refractivity contribution in [1.29, 1.82) is 0 Å². The summed E-state index contributed by atoms with van der Waals surface area (Å²) in [5, 5.41) is -4.63. The summed E-state index contributed by atoms with van der Waals surface area (Å²) < 4.78 is 7.22. The Balaban J connectivity index is 1.46. The molecule has 1 aromatic carbocycles. The van der Waals surface area contributed by atoms with Gasteiger partial charge in [0.2, 0.25) is 0 Å². The largest absolute Gasteiger partial charge is 0.405 e. The Morgan fingerprint density at radius 3 is 2.15 bits per heavy atom. The molecule has 40 heavy (non-hydrogen) atoms. The SMILES string of the molecule is [B]C1([B])OC([B])([B])C([B])([B])N(c2cc(C(=O)Nc3cc4cc(-c5cnc(C)n5C)ccc4cn3)ccn2)C1([B])[B]. The topological polar surface area (TPSA) is 85.2 Å². The van der Waals surface area contributed by atoms with Gasteiger partial charge < -0.3 is 19.5 Å². The van der Waals surface area contributed by atoms with Crippen LogP contribution in [0, 0.1) is 6.92 Å². The molecule has 1 aliphatic heterocycles. The van der Waals surface area contributed by atoms with Crippen molar-refractivity contribution in [3.05, 3.63) is 66.4 Å². The summed E-state index contributed by atoms with van der Waals surface area (Å²) in [7, 11) is 50.6. The lowest BCUT2D eigenvalue weighted by atomic mass is 9.30. The molecule has 4 aromatic rings. The first-order valence-corrected chi connectivity index (χ1v) is 12.0. The van der Waals surface area contributed by atoms with Gasteiger partial charge in [0.25, 0.3) is 5.91 Å². The van der Waals surface area contributed by atoms with E-state index < -0.39 is 27.4 Å². The molecule has 0 atom stereocenters. The lowest BCUT2D eigenvalue weighted by Gasteiger charge is -2.70. The molecule has 1 N–H and O–H groups in total. The fourth-order valence-electron chi connectivity index (χ4n) is 4.49. The number of fused-ring (bicyclic) bond motifs is 1. The van der Waals surface area contributed by atoms with Crippen molar-refractivity contribution in [2.75, 3.05) is 10.2 Å². The zero-order chi connectivity index (χ0) is 29.3. The Labute approximate surface area is 243 Å². The molecule has 1 aliphatic rings. The smallest absolute Gasteiger partial charge is 0.257 e. The number of pyridine rings is 2. The van der Waals surface area contributed by atoms with Crippen LogP contribution in [0.5, 0.6) is 0 Å². The third kappa shape index (κ3) is 4.50. The number of anilines is 2. The minimum Gasteiger partial charge on any atom is -0.405 e. The lowest BCUT2D eigenvalue weighted by Crippen LogP contribution is -2.86. The van der Waals surface area contributed by atoms with Gasteiger partial charge in [-0.15, -0.1) is 0 Å². The molecule has 0 unspecified atom stereocenters. The molecular weight excluding hydrogens is 491 g/mol. The van der Waals surface area contributed by atoms with Gasteiger partial charge in [-0.25, -0.2) is 15.0 Å². The van der Waals surface area contributed by atoms with Gasteiger partial charge in [0.1, 0.15) is 48.8 Å². The van der Waals surface area contributed by atoms with E-state index in [1.807, 2.05) is 42.9 Å². The zero-order valence-corrected chi connectivity index (χ0v) is 21.9. The van der Waals surface area contributed by atoms with Crippen molar-refractivity contribution < 1.29 is 9.53 Å². The third-order valence-corrected chi connectivity index (χ3v) is 7.05. The van der Waals surface area contributed by atoms with E-state index in [1.54, 1.807) is 12.3 Å². The van der Waals surface area contributed by atoms with Gasteiger partial charge in [0, 0.05) is 36.0 Å². The summed E-state index contributed by atoms with van der Waals surface area (Å²) in [5.74, 6) is 0.585. The van der Waals surface area contributed by atoms with Crippen LogP contribution in [0.4, 0.5) is 11.6 Å². The van der Waals surface area contributed by atoms with E-state index in [9.17, 15) is 4.79 Å². The molecule has 1 saturated heterocycles. The van der Waals surface area contributed by atoms with E-state index in [2.05, 4.69) is 20.3 Å². The summed E-state index contributed by atoms with van der Waals surface area (Å²) in [6, 6.07) is 10.5. The molecule has 3 aromatic heterocycles. The van der Waals surface area contributed by atoms with Crippen LogP contribution in [-0.2, 0) is 11.8 Å². The van der Waals surface area contributed by atoms with Crippen molar-refractivity contribution >= 4 is 91.1 Å². The molecule has 0 aliphatic carbocycles. The number of morpholine rings is 1. The van der Waals surface area contributed by atoms with Gasteiger partial charge in [-0.2, -0.15) is 0 Å². The molecule has 1 amide bonds. The molecule has 16 radical (unpaired) electrons. The van der Waals surface area contributed by atoms with E-state index in [-0.39, 0.29) is 11.4 Å². The Hall–Kier alpha value is -3.26. The number of amides is 1. The molecule has 0 spiro atoms. The third-order valence-electron chi connectivity index (χ3n) is 7.05. The Morgan fingerprint density at radius 2 is 1.52 bits per heavy atom. The highest BCUT2D eigenvalue weighted by Crippen LogP contribution is 2.42. The highest BCUT2D eigenvalue weighted by molar-refractivity contribution is 6.61. The predicted molar refractivity (Wildman–Crippen MR) is 161 cm³/mol. The Morgan fingerprint density at radius 1 is 0.850 bits per heavy atom. The van der Waals surface area contributed by atoms with Gasteiger partial charge in [-0.3, -0.25) is 4.79 Å². The van der Waals surface area contributed by atoms with E-state index >= 15 is 0 Å². The maximum atomic E-state index is 13.2. The average molecular weight is 507 g/mol. The second-order valence-corrected chi connectivity index (χ2v) is 9.91. The number of nitrogens with one attached hydrogen (secondary N) is 1. The molecule has 1 fully saturated rings. The molecule has 0 saturated carbocycles. The second-order valence-electron chi connectivity index (χ2n) is 9.91. The van der Waals surface area contributed by atoms with Crippen LogP contribution in [0.2, 0.25) is 0 Å². The van der Waals surface area contributed by atoms with Gasteiger partial charge in [0.05, 0.1) is 43.3 Å². The maximum absolute atomic E-state index is 13.2. The number of nitrogens with zero attached hydrogens (tertiary/aromatic N) is 5. The van der Waals surface area contributed by atoms with Crippen LogP contribution in [0.3, 0.4) is 0 Å². The molecule has 0 bridgehead atoms. The predicted octanol–water partition coefficient (Wildman–Crippen LogP) is -0.609. The van der Waals surface area contributed by atoms with Crippen LogP contribution in [-0.4, -0.2) is 110 Å². The summed E-state index contributed by atoms with van der Waals surface area (Å²) in [6.45, 7) is 1.93. The number of benzene rings is 1. The van der Waals surface area contributed by atoms with Crippen LogP contribution in [0.15, 0.2) is 55.0 Å². The second kappa shape index (κ2) is 9.40. The van der Waals surface area contributed by atoms with Crippen LogP contribution in [0.1, 0.15) is 16.2 Å². The average Bonchev–Trinajstić information content (AvgIpc) is 3.20. The number of hydrogen-bond acceptors (Lipinski definition) is 6. The minimum absolute atomic E-state index is 0.0888. The molecular formula is C24H16B8N6O2. The van der Waals surface area contributed by atoms with E-state index in [4.69, 9.17) is 67.5 Å². The number of ether oxygens (including phenoxy) is 1. The number of aromatic nitrogens is 4. The first kappa shape index (κ1) is 28.3. The maximum Gasteiger partial charge on any atom is 0.257 e. The minimum atomic E-state index is -2.32. The van der Waals surface area contributed by atoms with Gasteiger partial charge in [0.15, 0.2) is 0 Å². The fraction of sp³-hybridized carbons (Fsp3) is 0.250. The summed E-state index contributed by atoms with van der Waals surface area (Å²) >= 11 is 0. The summed E-state index contributed by atoms with van der Waals surface area (Å²) in [5.41, 5.74) is 2.05. The summed E-state index contributed by atoms with van der Waals surface area (Å²) in [4.78, 5) is 27.1. The first-order valence-electron chi connectivity index (χ1n) is 12.0. The number of imidazole rings is 1. The fourth-order valence-corrected chi connectivity index (χ4v) is 4.49. The monoisotopic (exact) mass is 508 g/mol. The molecule has 8 nitrogen and oxygen atoms in total. The lowest BCUT2D eigenvalue weighted by molar-refractivity contribution is -0.0256. The van der Waals surface area contributed by atoms with Crippen molar-refractivity contribution in [2.45, 2.75) is 28.4 Å². The van der Waals surface area contributed by atoms with Crippen LogP contribution in [0.25, 0.3) is 22.0 Å². The van der Waals surface area contributed by atoms with Crippen molar-refractivity contribution in [2.24, 2.45) is 7.05 Å². The van der Waals surface area contributed by atoms with E-state index in [0.29, 0.717) is 5.82 Å². The zero-order valence-electron chi connectivity index (χ0n) is 21.9. The standard InChI is InChI=1S/C24H16B8N6O2/c1-12-34-11-17(37(12)2)13-3-4-15-10-35-18(8-16(15)7-13)36-20(39)14-5-6-33-19(9-14)38-21(25,26)23(29,30)40-24(31,32)22(38,27)28/h3-11H,1-2H3,(H,35,36,39). The van der Waals surface area contributed by atoms with Crippen LogP contribution >= 0.6 is 0 Å². The number of aryl methyl sites for hydroxylation is 1. The van der Waals surface area contributed by atoms with Crippen molar-refractivity contribution in [3.8, 4) is 11.3 Å². The van der Waals surface area contributed by atoms with E-state index in [0.717, 1.165) is 32.8 Å². The number of rotatable bonds is 4. The first-order chi connectivity index (χ1) is 18.5. The van der Waals surface area contributed by atoms with Gasteiger partial charge in [-0.05, 0) is 58.1 Å². The molecule has 178 valence electrons. The Bertz CT molecular complexity index is 1610. The van der Waals surface area contributed by atoms with Crippen molar-refractivity contribution in [1.82, 2.24) is 19.5 Å². The highest BCUT2D eigenvalue weighted by Gasteiger charge is 2.57. The highest BCUT2D eigenvalue weighted by atomic mass is 16.5. The molecule has 4 heterocycles. The van der Waals surface area contributed by atoms with E-state index in [1.165, 1.54) is 18.3 Å². The summed E-state index contributed by atoms with van der Waals surface area (Å²) in [6.07, 6.45) is 4.78. The molecule has 16 heteroatoms. The van der Waals surface area contributed by atoms with Crippen LogP contribution < -0.4 is 10.2 Å².